The summed E-state index contributed by atoms with van der Waals surface area (Å²) in [6, 6.07) is 21.4. The normalized spacial score (nSPS) is 18.0. The molecule has 8 rings (SSSR count). The molecular formula is C46H56ClN9O5. The van der Waals surface area contributed by atoms with Gasteiger partial charge in [0.15, 0.2) is 0 Å². The van der Waals surface area contributed by atoms with Crippen molar-refractivity contribution >= 4 is 58.3 Å². The van der Waals surface area contributed by atoms with E-state index in [1.54, 1.807) is 16.9 Å². The topological polar surface area (TPSA) is 127 Å². The van der Waals surface area contributed by atoms with Crippen molar-refractivity contribution in [2.45, 2.75) is 65.1 Å². The number of ether oxygens (including phenoxy) is 2. The van der Waals surface area contributed by atoms with E-state index in [-0.39, 0.29) is 31.0 Å². The standard InChI is InChI=1S/C46H56ClN9O5/c1-46(2,3)61-45(59)54-21-17-34-28-48-43(50-40(34)31-54)49-35-7-9-36(10-8-35)52-19-15-33(16-20-52)29-51-23-25-53(26-24-51)37-11-14-41(39(47)27-37)55-22-18-42(57)56(44(55)58)30-32-5-12-38(60-4)13-6-32/h5-14,27-28,33H,15-26,29-31H2,1-4H3,(H,48,49,50). The number of anilines is 5. The lowest BCUT2D eigenvalue weighted by Gasteiger charge is -2.40. The Morgan fingerprint density at radius 3 is 2.25 bits per heavy atom. The van der Waals surface area contributed by atoms with E-state index in [0.717, 1.165) is 92.6 Å². The Bertz CT molecular complexity index is 2200. The molecule has 0 radical (unpaired) electrons. The van der Waals surface area contributed by atoms with Crippen LogP contribution in [0.5, 0.6) is 5.75 Å². The van der Waals surface area contributed by atoms with Crippen LogP contribution < -0.4 is 24.8 Å². The summed E-state index contributed by atoms with van der Waals surface area (Å²) in [5.74, 6) is 1.70. The van der Waals surface area contributed by atoms with Gasteiger partial charge in [-0.2, -0.15) is 0 Å². The van der Waals surface area contributed by atoms with Crippen molar-refractivity contribution in [3.8, 4) is 5.75 Å². The number of rotatable bonds is 10. The molecule has 1 N–H and O–H groups in total. The Balaban J connectivity index is 0.778. The number of carbonyl (C=O) groups is 3. The Kier molecular flexibility index (Phi) is 12.5. The van der Waals surface area contributed by atoms with Crippen LogP contribution in [0.25, 0.3) is 0 Å². The predicted molar refractivity (Wildman–Crippen MR) is 238 cm³/mol. The van der Waals surface area contributed by atoms with Gasteiger partial charge in [0.2, 0.25) is 11.9 Å². The third kappa shape index (κ3) is 10.1. The third-order valence-corrected chi connectivity index (χ3v) is 12.3. The number of piperazine rings is 1. The first-order chi connectivity index (χ1) is 29.4. The summed E-state index contributed by atoms with van der Waals surface area (Å²) in [6.45, 7) is 14.0. The third-order valence-electron chi connectivity index (χ3n) is 12.0. The summed E-state index contributed by atoms with van der Waals surface area (Å²) in [4.78, 5) is 60.3. The molecule has 3 aromatic carbocycles. The molecule has 0 aliphatic carbocycles. The fraction of sp³-hybridized carbons (Fsp3) is 0.457. The van der Waals surface area contributed by atoms with Gasteiger partial charge in [0, 0.05) is 88.6 Å². The highest BCUT2D eigenvalue weighted by Gasteiger charge is 2.34. The largest absolute Gasteiger partial charge is 0.497 e. The van der Waals surface area contributed by atoms with Crippen LogP contribution in [0.2, 0.25) is 5.02 Å². The molecule has 0 bridgehead atoms. The average Bonchev–Trinajstić information content (AvgIpc) is 3.25. The summed E-state index contributed by atoms with van der Waals surface area (Å²) in [6.07, 6.45) is 4.78. The molecule has 1 aromatic heterocycles. The Hall–Kier alpha value is -5.60. The van der Waals surface area contributed by atoms with Crippen LogP contribution in [0.4, 0.5) is 38.3 Å². The number of imide groups is 1. The first-order valence-electron chi connectivity index (χ1n) is 21.4. The van der Waals surface area contributed by atoms with Crippen LogP contribution in [0, 0.1) is 5.92 Å². The lowest BCUT2D eigenvalue weighted by atomic mass is 9.95. The fourth-order valence-electron chi connectivity index (χ4n) is 8.55. The van der Waals surface area contributed by atoms with Gasteiger partial charge in [0.1, 0.15) is 11.4 Å². The van der Waals surface area contributed by atoms with Crippen molar-refractivity contribution in [2.75, 3.05) is 86.0 Å². The molecule has 3 saturated heterocycles. The number of methoxy groups -OCH3 is 1. The van der Waals surface area contributed by atoms with Crippen molar-refractivity contribution in [2.24, 2.45) is 5.92 Å². The van der Waals surface area contributed by atoms with Crippen molar-refractivity contribution in [3.05, 3.63) is 94.8 Å². The maximum atomic E-state index is 13.6. The maximum absolute atomic E-state index is 13.6. The number of piperidine rings is 1. The average molecular weight is 850 g/mol. The van der Waals surface area contributed by atoms with Crippen molar-refractivity contribution in [1.82, 2.24) is 24.7 Å². The lowest BCUT2D eigenvalue weighted by Crippen LogP contribution is -2.52. The molecule has 61 heavy (non-hydrogen) atoms. The summed E-state index contributed by atoms with van der Waals surface area (Å²) >= 11 is 6.85. The number of benzene rings is 3. The van der Waals surface area contributed by atoms with Gasteiger partial charge in [-0.25, -0.2) is 19.6 Å². The highest BCUT2D eigenvalue weighted by atomic mass is 35.5. The summed E-state index contributed by atoms with van der Waals surface area (Å²) in [7, 11) is 1.60. The minimum atomic E-state index is -0.543. The minimum absolute atomic E-state index is 0.191. The predicted octanol–water partition coefficient (Wildman–Crippen LogP) is 7.57. The Morgan fingerprint density at radius 1 is 0.852 bits per heavy atom. The summed E-state index contributed by atoms with van der Waals surface area (Å²) in [5.41, 5.74) is 6.00. The van der Waals surface area contributed by atoms with E-state index in [1.165, 1.54) is 10.6 Å². The van der Waals surface area contributed by atoms with E-state index in [2.05, 4.69) is 49.3 Å². The van der Waals surface area contributed by atoms with Crippen molar-refractivity contribution in [1.29, 1.82) is 0 Å². The van der Waals surface area contributed by atoms with E-state index >= 15 is 0 Å². The van der Waals surface area contributed by atoms with Gasteiger partial charge in [0.25, 0.3) is 0 Å². The molecule has 14 nitrogen and oxygen atoms in total. The molecule has 5 heterocycles. The molecule has 15 heteroatoms. The zero-order valence-electron chi connectivity index (χ0n) is 35.6. The van der Waals surface area contributed by atoms with Gasteiger partial charge >= 0.3 is 12.1 Å². The van der Waals surface area contributed by atoms with Gasteiger partial charge in [-0.15, -0.1) is 0 Å². The quantitative estimate of drug-likeness (QED) is 0.170. The van der Waals surface area contributed by atoms with Gasteiger partial charge in [-0.05, 0) is 112 Å². The second-order valence-electron chi connectivity index (χ2n) is 17.4. The number of nitrogens with zero attached hydrogens (tertiary/aromatic N) is 8. The summed E-state index contributed by atoms with van der Waals surface area (Å²) in [5, 5.41) is 3.85. The highest BCUT2D eigenvalue weighted by molar-refractivity contribution is 6.34. The van der Waals surface area contributed by atoms with E-state index in [9.17, 15) is 14.4 Å². The van der Waals surface area contributed by atoms with E-state index in [0.29, 0.717) is 48.6 Å². The summed E-state index contributed by atoms with van der Waals surface area (Å²) < 4.78 is 10.8. The van der Waals surface area contributed by atoms with Gasteiger partial charge in [-0.3, -0.25) is 19.5 Å². The number of carbonyl (C=O) groups excluding carboxylic acids is 3. The van der Waals surface area contributed by atoms with Crippen LogP contribution in [-0.4, -0.2) is 114 Å². The van der Waals surface area contributed by atoms with Crippen molar-refractivity contribution in [3.63, 3.8) is 0 Å². The van der Waals surface area contributed by atoms with Crippen LogP contribution in [0.3, 0.4) is 0 Å². The fourth-order valence-corrected chi connectivity index (χ4v) is 8.83. The number of nitrogens with one attached hydrogen (secondary N) is 1. The highest BCUT2D eigenvalue weighted by Crippen LogP contribution is 2.34. The number of fused-ring (bicyclic) bond motifs is 1. The smallest absolute Gasteiger partial charge is 0.410 e. The number of hydrogen-bond acceptors (Lipinski definition) is 11. The molecule has 4 amide bonds. The zero-order chi connectivity index (χ0) is 42.7. The zero-order valence-corrected chi connectivity index (χ0v) is 36.4. The van der Waals surface area contributed by atoms with Crippen LogP contribution in [0.1, 0.15) is 56.9 Å². The second-order valence-corrected chi connectivity index (χ2v) is 17.8. The molecule has 0 atom stereocenters. The minimum Gasteiger partial charge on any atom is -0.497 e. The molecule has 322 valence electrons. The van der Waals surface area contributed by atoms with E-state index < -0.39 is 5.60 Å². The molecule has 4 aromatic rings. The van der Waals surface area contributed by atoms with E-state index in [4.69, 9.17) is 26.1 Å². The molecule has 0 saturated carbocycles. The first kappa shape index (κ1) is 42.1. The SMILES string of the molecule is COc1ccc(CN2C(=O)CCN(c3ccc(N4CCN(CC5CCN(c6ccc(Nc7ncc8c(n7)CN(C(=O)OC(C)(C)C)CC8)cc6)CC5)CC4)cc3Cl)C2=O)cc1. The maximum Gasteiger partial charge on any atom is 0.410 e. The lowest BCUT2D eigenvalue weighted by molar-refractivity contribution is -0.129. The number of aromatic nitrogens is 2. The second kappa shape index (κ2) is 18.2. The molecule has 4 aliphatic heterocycles. The molecule has 0 spiro atoms. The van der Waals surface area contributed by atoms with E-state index in [1.807, 2.05) is 69.4 Å². The molecule has 3 fully saturated rings. The number of hydrogen-bond donors (Lipinski definition) is 1. The molecule has 4 aliphatic rings. The number of halogens is 1. The molecule has 0 unspecified atom stereocenters. The van der Waals surface area contributed by atoms with Crippen LogP contribution >= 0.6 is 11.6 Å². The number of urea groups is 1. The first-order valence-corrected chi connectivity index (χ1v) is 21.7. The Labute approximate surface area is 363 Å². The Morgan fingerprint density at radius 2 is 1.56 bits per heavy atom. The molecular weight excluding hydrogens is 794 g/mol. The van der Waals surface area contributed by atoms with Crippen molar-refractivity contribution < 1.29 is 23.9 Å². The monoisotopic (exact) mass is 849 g/mol. The van der Waals surface area contributed by atoms with Gasteiger partial charge in [-0.1, -0.05) is 23.7 Å². The van der Waals surface area contributed by atoms with Gasteiger partial charge in [0.05, 0.1) is 36.6 Å². The number of amides is 4. The van der Waals surface area contributed by atoms with Crippen LogP contribution in [0.15, 0.2) is 72.9 Å². The van der Waals surface area contributed by atoms with Crippen LogP contribution in [-0.2, 0) is 29.0 Å². The van der Waals surface area contributed by atoms with Gasteiger partial charge < -0.3 is 29.5 Å².